The van der Waals surface area contributed by atoms with Gasteiger partial charge in [-0.05, 0) is 30.3 Å². The highest BCUT2D eigenvalue weighted by Crippen LogP contribution is 2.26. The third-order valence-corrected chi connectivity index (χ3v) is 5.07. The summed E-state index contributed by atoms with van der Waals surface area (Å²) < 4.78 is 1.76. The van der Waals surface area contributed by atoms with Gasteiger partial charge in [0.2, 0.25) is 5.91 Å². The van der Waals surface area contributed by atoms with Gasteiger partial charge in [-0.3, -0.25) is 9.59 Å². The smallest absolute Gasteiger partial charge is 0.244 e. The van der Waals surface area contributed by atoms with Gasteiger partial charge >= 0.3 is 0 Å². The van der Waals surface area contributed by atoms with Gasteiger partial charge in [-0.25, -0.2) is 4.68 Å². The van der Waals surface area contributed by atoms with E-state index in [-0.39, 0.29) is 18.2 Å². The van der Waals surface area contributed by atoms with E-state index in [4.69, 9.17) is 16.7 Å². The van der Waals surface area contributed by atoms with Crippen LogP contribution in [-0.4, -0.2) is 28.0 Å². The van der Waals surface area contributed by atoms with Crippen LogP contribution in [-0.2, 0) is 4.79 Å². The van der Waals surface area contributed by atoms with Gasteiger partial charge in [-0.1, -0.05) is 72.3 Å². The van der Waals surface area contributed by atoms with Crippen LogP contribution in [0.15, 0.2) is 97.2 Å². The maximum Gasteiger partial charge on any atom is 0.244 e. The highest BCUT2D eigenvalue weighted by atomic mass is 35.5. The van der Waals surface area contributed by atoms with Crippen LogP contribution in [0, 0.1) is 0 Å². The molecular formula is C26H20ClN3O2. The van der Waals surface area contributed by atoms with E-state index in [1.54, 1.807) is 47.2 Å². The first-order valence-corrected chi connectivity index (χ1v) is 10.4. The van der Waals surface area contributed by atoms with E-state index in [2.05, 4.69) is 5.32 Å². The molecule has 0 aliphatic carbocycles. The van der Waals surface area contributed by atoms with E-state index >= 15 is 0 Å². The third-order valence-electron chi connectivity index (χ3n) is 4.81. The molecule has 3 aromatic carbocycles. The number of hydrogen-bond donors (Lipinski definition) is 1. The number of rotatable bonds is 7. The number of carbonyl (C=O) groups is 2. The molecule has 0 aliphatic heterocycles. The van der Waals surface area contributed by atoms with Crippen LogP contribution >= 0.6 is 11.6 Å². The fourth-order valence-electron chi connectivity index (χ4n) is 3.17. The van der Waals surface area contributed by atoms with Crippen LogP contribution in [0.5, 0.6) is 0 Å². The van der Waals surface area contributed by atoms with E-state index in [0.29, 0.717) is 10.6 Å². The fraction of sp³-hybridized carbons (Fsp3) is 0.0385. The highest BCUT2D eigenvalue weighted by molar-refractivity contribution is 6.30. The predicted octanol–water partition coefficient (Wildman–Crippen LogP) is 5.21. The van der Waals surface area contributed by atoms with Crippen molar-refractivity contribution in [2.75, 3.05) is 6.54 Å². The Morgan fingerprint density at radius 3 is 2.25 bits per heavy atom. The zero-order valence-corrected chi connectivity index (χ0v) is 17.9. The Kier molecular flexibility index (Phi) is 6.58. The number of carbonyl (C=O) groups excluding carboxylic acids is 2. The second kappa shape index (κ2) is 9.90. The first-order valence-electron chi connectivity index (χ1n) is 10.1. The van der Waals surface area contributed by atoms with Crippen molar-refractivity contribution in [1.82, 2.24) is 15.1 Å². The molecule has 5 nitrogen and oxygen atoms in total. The van der Waals surface area contributed by atoms with Gasteiger partial charge in [0.1, 0.15) is 0 Å². The minimum Gasteiger partial charge on any atom is -0.345 e. The highest BCUT2D eigenvalue weighted by Gasteiger charge is 2.11. The molecule has 4 rings (SSSR count). The maximum atomic E-state index is 12.3. The van der Waals surface area contributed by atoms with Gasteiger partial charge in [-0.15, -0.1) is 0 Å². The maximum absolute atomic E-state index is 12.3. The third kappa shape index (κ3) is 5.20. The molecule has 0 saturated carbocycles. The van der Waals surface area contributed by atoms with Crippen LogP contribution in [0.25, 0.3) is 23.0 Å². The molecule has 1 amide bonds. The summed E-state index contributed by atoms with van der Waals surface area (Å²) in [6, 6.07) is 25.9. The zero-order valence-electron chi connectivity index (χ0n) is 17.1. The van der Waals surface area contributed by atoms with Crippen molar-refractivity contribution in [3.63, 3.8) is 0 Å². The summed E-state index contributed by atoms with van der Waals surface area (Å²) in [5.74, 6) is -0.505. The fourth-order valence-corrected chi connectivity index (χ4v) is 3.30. The van der Waals surface area contributed by atoms with Crippen molar-refractivity contribution in [3.05, 3.63) is 113 Å². The number of benzene rings is 3. The molecule has 0 saturated heterocycles. The average molecular weight is 442 g/mol. The van der Waals surface area contributed by atoms with Crippen LogP contribution in [0.3, 0.4) is 0 Å². The lowest BCUT2D eigenvalue weighted by Crippen LogP contribution is -2.27. The Hall–Kier alpha value is -3.96. The molecule has 0 unspecified atom stereocenters. The van der Waals surface area contributed by atoms with Gasteiger partial charge in [0, 0.05) is 34.0 Å². The number of para-hydroxylation sites is 1. The Balaban J connectivity index is 1.54. The summed E-state index contributed by atoms with van der Waals surface area (Å²) in [7, 11) is 0. The van der Waals surface area contributed by atoms with Gasteiger partial charge < -0.3 is 5.32 Å². The van der Waals surface area contributed by atoms with Crippen molar-refractivity contribution >= 4 is 29.4 Å². The second-order valence-electron chi connectivity index (χ2n) is 7.06. The largest absolute Gasteiger partial charge is 0.345 e. The summed E-state index contributed by atoms with van der Waals surface area (Å²) in [6.07, 6.45) is 4.96. The SMILES string of the molecule is O=C(C=Cc1cn(-c2ccccc2)nc1-c1ccc(Cl)cc1)NCC(=O)c1ccccc1. The lowest BCUT2D eigenvalue weighted by molar-refractivity contribution is -0.116. The van der Waals surface area contributed by atoms with E-state index in [0.717, 1.165) is 22.5 Å². The number of Topliss-reactive ketones (excluding diaryl/α,β-unsaturated/α-hetero) is 1. The number of halogens is 1. The molecule has 0 spiro atoms. The van der Waals surface area contributed by atoms with Crippen LogP contribution in [0.4, 0.5) is 0 Å². The van der Waals surface area contributed by atoms with E-state index < -0.39 is 0 Å². The minimum atomic E-state index is -0.358. The Morgan fingerprint density at radius 1 is 0.906 bits per heavy atom. The number of aromatic nitrogens is 2. The van der Waals surface area contributed by atoms with E-state index in [1.807, 2.05) is 54.7 Å². The lowest BCUT2D eigenvalue weighted by Gasteiger charge is -2.02. The quantitative estimate of drug-likeness (QED) is 0.316. The van der Waals surface area contributed by atoms with Crippen molar-refractivity contribution in [1.29, 1.82) is 0 Å². The number of amides is 1. The standard InChI is InChI=1S/C26H20ClN3O2/c27-22-14-11-20(12-15-22)26-21(18-30(29-26)23-9-5-2-6-10-23)13-16-25(32)28-17-24(31)19-7-3-1-4-8-19/h1-16,18H,17H2,(H,28,32). The normalized spacial score (nSPS) is 10.9. The van der Waals surface area contributed by atoms with Gasteiger partial charge in [-0.2, -0.15) is 5.10 Å². The summed E-state index contributed by atoms with van der Waals surface area (Å²) in [5, 5.41) is 7.98. The molecule has 0 fully saturated rings. The van der Waals surface area contributed by atoms with Crippen LogP contribution in [0.1, 0.15) is 15.9 Å². The molecule has 1 N–H and O–H groups in total. The van der Waals surface area contributed by atoms with Gasteiger partial charge in [0.25, 0.3) is 0 Å². The molecule has 0 radical (unpaired) electrons. The summed E-state index contributed by atoms with van der Waals surface area (Å²) in [4.78, 5) is 24.5. The molecule has 0 atom stereocenters. The molecule has 0 bridgehead atoms. The number of nitrogens with one attached hydrogen (secondary N) is 1. The molecule has 1 heterocycles. The monoisotopic (exact) mass is 441 g/mol. The summed E-state index contributed by atoms with van der Waals surface area (Å²) in [6.45, 7) is -0.0689. The number of nitrogens with zero attached hydrogens (tertiary/aromatic N) is 2. The van der Waals surface area contributed by atoms with Gasteiger partial charge in [0.15, 0.2) is 5.78 Å². The van der Waals surface area contributed by atoms with Crippen LogP contribution in [0.2, 0.25) is 5.02 Å². The molecule has 1 aromatic heterocycles. The molecular weight excluding hydrogens is 422 g/mol. The minimum absolute atomic E-state index is 0.0689. The van der Waals surface area contributed by atoms with Crippen LogP contribution < -0.4 is 5.32 Å². The second-order valence-corrected chi connectivity index (χ2v) is 7.50. The Bertz CT molecular complexity index is 1250. The number of ketones is 1. The first kappa shape index (κ1) is 21.3. The lowest BCUT2D eigenvalue weighted by atomic mass is 10.1. The van der Waals surface area contributed by atoms with E-state index in [1.165, 1.54) is 6.08 Å². The molecule has 6 heteroatoms. The molecule has 158 valence electrons. The topological polar surface area (TPSA) is 64.0 Å². The summed E-state index contributed by atoms with van der Waals surface area (Å²) in [5.41, 5.74) is 3.82. The zero-order chi connectivity index (χ0) is 22.3. The molecule has 32 heavy (non-hydrogen) atoms. The van der Waals surface area contributed by atoms with Crippen molar-refractivity contribution in [2.45, 2.75) is 0 Å². The van der Waals surface area contributed by atoms with Crippen molar-refractivity contribution < 1.29 is 9.59 Å². The predicted molar refractivity (Wildman–Crippen MR) is 127 cm³/mol. The molecule has 4 aromatic rings. The molecule has 0 aliphatic rings. The first-order chi connectivity index (χ1) is 15.6. The summed E-state index contributed by atoms with van der Waals surface area (Å²) >= 11 is 6.03. The van der Waals surface area contributed by atoms with Gasteiger partial charge in [0.05, 0.1) is 17.9 Å². The van der Waals surface area contributed by atoms with E-state index in [9.17, 15) is 9.59 Å². The van der Waals surface area contributed by atoms with Crippen molar-refractivity contribution in [3.8, 4) is 16.9 Å². The Labute approximate surface area is 191 Å². The average Bonchev–Trinajstić information content (AvgIpc) is 3.27. The Morgan fingerprint density at radius 2 is 1.56 bits per heavy atom. The number of hydrogen-bond acceptors (Lipinski definition) is 3. The van der Waals surface area contributed by atoms with Crippen molar-refractivity contribution in [2.24, 2.45) is 0 Å².